The number of nitrogens with zero attached hydrogens (tertiary/aromatic N) is 2. The predicted molar refractivity (Wildman–Crippen MR) is 85.6 cm³/mol. The van der Waals surface area contributed by atoms with E-state index in [4.69, 9.17) is 0 Å². The Hall–Kier alpha value is -2.07. The molecule has 10 heteroatoms. The molecule has 24 heavy (non-hydrogen) atoms. The maximum Gasteiger partial charge on any atom is 0.442 e. The molecule has 0 bridgehead atoms. The summed E-state index contributed by atoms with van der Waals surface area (Å²) in [4.78, 5) is 16.7. The Balaban J connectivity index is 1.91. The second kappa shape index (κ2) is 6.44. The van der Waals surface area contributed by atoms with Gasteiger partial charge in [-0.25, -0.2) is 9.37 Å². The third-order valence-electron chi connectivity index (χ3n) is 3.00. The molecule has 2 aromatic heterocycles. The van der Waals surface area contributed by atoms with Crippen molar-refractivity contribution in [3.8, 4) is 11.3 Å². The third-order valence-corrected chi connectivity index (χ3v) is 4.49. The van der Waals surface area contributed by atoms with E-state index < -0.39 is 34.7 Å². The Morgan fingerprint density at radius 2 is 2.00 bits per heavy atom. The fraction of sp³-hybridized carbons (Fsp3) is 0.143. The zero-order valence-electron chi connectivity index (χ0n) is 11.8. The smallest absolute Gasteiger partial charge is 0.309 e. The van der Waals surface area contributed by atoms with Crippen molar-refractivity contribution < 1.29 is 22.4 Å². The first-order valence-electron chi connectivity index (χ1n) is 6.55. The number of alkyl halides is 3. The van der Waals surface area contributed by atoms with Crippen LogP contribution in [0.25, 0.3) is 16.2 Å². The van der Waals surface area contributed by atoms with Crippen LogP contribution in [0, 0.1) is 5.82 Å². The fourth-order valence-electron chi connectivity index (χ4n) is 2.03. The zero-order chi connectivity index (χ0) is 17.3. The number of anilines is 1. The monoisotopic (exact) mass is 375 g/mol. The van der Waals surface area contributed by atoms with Crippen LogP contribution in [0.2, 0.25) is 0 Å². The summed E-state index contributed by atoms with van der Waals surface area (Å²) < 4.78 is 51.3. The standard InChI is InChI=1S/C14H9F4N3OS2/c15-9-3-1-8(2-4-9)11-12(21-5-6-23-13(21)20-11)19-10(22)7-24-14(16,17)18/h1-6H,7H2,(H,19,22). The van der Waals surface area contributed by atoms with Gasteiger partial charge in [-0.2, -0.15) is 13.2 Å². The van der Waals surface area contributed by atoms with Gasteiger partial charge in [-0.1, -0.05) is 0 Å². The van der Waals surface area contributed by atoms with Gasteiger partial charge < -0.3 is 5.32 Å². The highest BCUT2D eigenvalue weighted by Crippen LogP contribution is 2.32. The molecular formula is C14H9F4N3OS2. The summed E-state index contributed by atoms with van der Waals surface area (Å²) in [6, 6.07) is 5.46. The number of carbonyl (C=O) groups excluding carboxylic acids is 1. The summed E-state index contributed by atoms with van der Waals surface area (Å²) in [7, 11) is 0. The van der Waals surface area contributed by atoms with Crippen molar-refractivity contribution in [1.29, 1.82) is 0 Å². The molecule has 0 aliphatic heterocycles. The highest BCUT2D eigenvalue weighted by molar-refractivity contribution is 8.00. The highest BCUT2D eigenvalue weighted by atomic mass is 32.2. The lowest BCUT2D eigenvalue weighted by Gasteiger charge is -2.08. The number of imidazole rings is 1. The largest absolute Gasteiger partial charge is 0.442 e. The molecule has 1 N–H and O–H groups in total. The molecule has 0 saturated heterocycles. The molecule has 1 aromatic carbocycles. The Labute approximate surface area is 141 Å². The van der Waals surface area contributed by atoms with Gasteiger partial charge in [0.1, 0.15) is 17.3 Å². The molecule has 0 fully saturated rings. The number of benzene rings is 1. The van der Waals surface area contributed by atoms with Gasteiger partial charge in [0.25, 0.3) is 0 Å². The van der Waals surface area contributed by atoms with Gasteiger partial charge >= 0.3 is 5.51 Å². The van der Waals surface area contributed by atoms with Crippen LogP contribution >= 0.6 is 23.1 Å². The first kappa shape index (κ1) is 16.8. The summed E-state index contributed by atoms with van der Waals surface area (Å²) in [5, 5.41) is 4.19. The zero-order valence-corrected chi connectivity index (χ0v) is 13.4. The number of hydrogen-bond donors (Lipinski definition) is 1. The van der Waals surface area contributed by atoms with Crippen molar-refractivity contribution in [2.24, 2.45) is 0 Å². The molecule has 0 aliphatic carbocycles. The second-order valence-corrected chi connectivity index (χ2v) is 6.57. The fourth-order valence-corrected chi connectivity index (χ4v) is 3.11. The summed E-state index contributed by atoms with van der Waals surface area (Å²) >= 11 is 0.892. The second-order valence-electron chi connectivity index (χ2n) is 4.65. The third kappa shape index (κ3) is 3.70. The van der Waals surface area contributed by atoms with Crippen molar-refractivity contribution in [3.63, 3.8) is 0 Å². The summed E-state index contributed by atoms with van der Waals surface area (Å²) in [5.74, 6) is -1.73. The maximum atomic E-state index is 13.1. The number of fused-ring (bicyclic) bond motifs is 1. The number of thiazole rings is 1. The topological polar surface area (TPSA) is 46.4 Å². The first-order valence-corrected chi connectivity index (χ1v) is 8.42. The van der Waals surface area contributed by atoms with Crippen LogP contribution in [-0.2, 0) is 4.79 Å². The van der Waals surface area contributed by atoms with E-state index in [-0.39, 0.29) is 5.82 Å². The minimum Gasteiger partial charge on any atom is -0.309 e. The molecule has 4 nitrogen and oxygen atoms in total. The van der Waals surface area contributed by atoms with E-state index in [2.05, 4.69) is 10.3 Å². The highest BCUT2D eigenvalue weighted by Gasteiger charge is 2.29. The van der Waals surface area contributed by atoms with Crippen LogP contribution in [0.1, 0.15) is 0 Å². The van der Waals surface area contributed by atoms with Crippen LogP contribution < -0.4 is 5.32 Å². The molecule has 126 valence electrons. The van der Waals surface area contributed by atoms with Gasteiger partial charge in [0.15, 0.2) is 4.96 Å². The SMILES string of the molecule is O=C(CSC(F)(F)F)Nc1c(-c2ccc(F)cc2)nc2sccn12. The predicted octanol–water partition coefficient (Wildman–Crippen LogP) is 4.39. The van der Waals surface area contributed by atoms with E-state index in [0.717, 1.165) is 0 Å². The molecule has 3 rings (SSSR count). The molecule has 0 spiro atoms. The Kier molecular flexibility index (Phi) is 4.50. The average Bonchev–Trinajstić information content (AvgIpc) is 3.08. The number of halogens is 4. The number of hydrogen-bond acceptors (Lipinski definition) is 4. The van der Waals surface area contributed by atoms with E-state index in [9.17, 15) is 22.4 Å². The molecule has 0 aliphatic rings. The summed E-state index contributed by atoms with van der Waals surface area (Å²) in [6.45, 7) is 0. The van der Waals surface area contributed by atoms with Crippen molar-refractivity contribution in [2.45, 2.75) is 5.51 Å². The normalized spacial score (nSPS) is 11.8. The molecular weight excluding hydrogens is 366 g/mol. The van der Waals surface area contributed by atoms with Crippen molar-refractivity contribution in [3.05, 3.63) is 41.7 Å². The maximum absolute atomic E-state index is 13.1. The first-order chi connectivity index (χ1) is 11.3. The molecule has 0 radical (unpaired) electrons. The molecule has 0 atom stereocenters. The Bertz CT molecular complexity index is 870. The van der Waals surface area contributed by atoms with Crippen LogP contribution in [0.15, 0.2) is 35.8 Å². The van der Waals surface area contributed by atoms with E-state index in [1.807, 2.05) is 0 Å². The number of carbonyl (C=O) groups is 1. The molecule has 1 amide bonds. The lowest BCUT2D eigenvalue weighted by Crippen LogP contribution is -2.18. The lowest BCUT2D eigenvalue weighted by molar-refractivity contribution is -0.114. The minimum absolute atomic E-state index is 0.255. The molecule has 2 heterocycles. The molecule has 0 unspecified atom stereocenters. The van der Waals surface area contributed by atoms with Gasteiger partial charge in [-0.3, -0.25) is 9.20 Å². The van der Waals surface area contributed by atoms with Gasteiger partial charge in [0, 0.05) is 17.1 Å². The average molecular weight is 375 g/mol. The van der Waals surface area contributed by atoms with E-state index in [1.54, 1.807) is 16.0 Å². The number of amides is 1. The van der Waals surface area contributed by atoms with Gasteiger partial charge in [0.05, 0.1) is 5.75 Å². The van der Waals surface area contributed by atoms with Crippen LogP contribution in [-0.4, -0.2) is 26.6 Å². The summed E-state index contributed by atoms with van der Waals surface area (Å²) in [5.41, 5.74) is -3.56. The van der Waals surface area contributed by atoms with E-state index in [1.165, 1.54) is 35.6 Å². The Morgan fingerprint density at radius 1 is 1.29 bits per heavy atom. The number of nitrogens with one attached hydrogen (secondary N) is 1. The number of rotatable bonds is 4. The summed E-state index contributed by atoms with van der Waals surface area (Å²) in [6.07, 6.45) is 1.65. The number of aromatic nitrogens is 2. The van der Waals surface area contributed by atoms with Crippen LogP contribution in [0.4, 0.5) is 23.4 Å². The Morgan fingerprint density at radius 3 is 2.67 bits per heavy atom. The van der Waals surface area contributed by atoms with Gasteiger partial charge in [0.2, 0.25) is 5.91 Å². The van der Waals surface area contributed by atoms with Crippen molar-refractivity contribution in [1.82, 2.24) is 9.38 Å². The molecule has 0 saturated carbocycles. The number of thioether (sulfide) groups is 1. The van der Waals surface area contributed by atoms with Crippen LogP contribution in [0.3, 0.4) is 0 Å². The lowest BCUT2D eigenvalue weighted by atomic mass is 10.1. The van der Waals surface area contributed by atoms with Gasteiger partial charge in [-0.05, 0) is 36.0 Å². The van der Waals surface area contributed by atoms with Crippen molar-refractivity contribution in [2.75, 3.05) is 11.1 Å². The molecule has 3 aromatic rings. The van der Waals surface area contributed by atoms with E-state index >= 15 is 0 Å². The van der Waals surface area contributed by atoms with Crippen molar-refractivity contribution >= 4 is 39.8 Å². The quantitative estimate of drug-likeness (QED) is 0.688. The minimum atomic E-state index is -4.48. The van der Waals surface area contributed by atoms with Gasteiger partial charge in [-0.15, -0.1) is 11.3 Å². The van der Waals surface area contributed by atoms with Crippen LogP contribution in [0.5, 0.6) is 0 Å². The van der Waals surface area contributed by atoms with E-state index in [0.29, 0.717) is 16.2 Å².